The highest BCUT2D eigenvalue weighted by Crippen LogP contribution is 2.22. The standard InChI is InChI=1S/C14H12N4O4S/c19-14(11-4-5-13(22-11)18(20)21)15-9-10(12-3-1-8-23-12)17-7-2-6-16-17/h1-8,10H,9H2,(H,15,19). The van der Waals surface area contributed by atoms with E-state index in [1.165, 1.54) is 6.07 Å². The molecule has 8 nitrogen and oxygen atoms in total. The molecule has 118 valence electrons. The van der Waals surface area contributed by atoms with Gasteiger partial charge in [0, 0.05) is 23.8 Å². The molecule has 0 fully saturated rings. The number of hydrogen-bond acceptors (Lipinski definition) is 6. The van der Waals surface area contributed by atoms with E-state index >= 15 is 0 Å². The Morgan fingerprint density at radius 1 is 1.43 bits per heavy atom. The average Bonchev–Trinajstić information content (AvgIpc) is 3.29. The number of furan rings is 1. The lowest BCUT2D eigenvalue weighted by atomic mass is 10.2. The van der Waals surface area contributed by atoms with Gasteiger partial charge in [-0.05, 0) is 23.6 Å². The zero-order chi connectivity index (χ0) is 16.2. The van der Waals surface area contributed by atoms with E-state index in [-0.39, 0.29) is 18.3 Å². The van der Waals surface area contributed by atoms with Crippen molar-refractivity contribution in [2.24, 2.45) is 0 Å². The summed E-state index contributed by atoms with van der Waals surface area (Å²) in [6.07, 6.45) is 3.48. The number of thiophene rings is 1. The van der Waals surface area contributed by atoms with Crippen LogP contribution in [-0.2, 0) is 0 Å². The smallest absolute Gasteiger partial charge is 0.395 e. The molecule has 3 heterocycles. The van der Waals surface area contributed by atoms with Crippen molar-refractivity contribution in [3.05, 3.63) is 68.9 Å². The first kappa shape index (κ1) is 15.0. The van der Waals surface area contributed by atoms with E-state index in [9.17, 15) is 14.9 Å². The van der Waals surface area contributed by atoms with Crippen LogP contribution < -0.4 is 5.32 Å². The Morgan fingerprint density at radius 2 is 2.30 bits per heavy atom. The number of rotatable bonds is 6. The highest BCUT2D eigenvalue weighted by Gasteiger charge is 2.20. The molecule has 0 saturated carbocycles. The molecular formula is C14H12N4O4S. The quantitative estimate of drug-likeness (QED) is 0.551. The molecule has 0 bridgehead atoms. The highest BCUT2D eigenvalue weighted by atomic mass is 32.1. The van der Waals surface area contributed by atoms with Gasteiger partial charge in [0.15, 0.2) is 5.76 Å². The molecule has 3 aromatic heterocycles. The summed E-state index contributed by atoms with van der Waals surface area (Å²) in [7, 11) is 0. The van der Waals surface area contributed by atoms with Crippen LogP contribution >= 0.6 is 11.3 Å². The minimum absolute atomic E-state index is 0.0953. The van der Waals surface area contributed by atoms with Gasteiger partial charge in [0.25, 0.3) is 5.91 Å². The predicted octanol–water partition coefficient (Wildman–Crippen LogP) is 2.47. The van der Waals surface area contributed by atoms with Crippen LogP contribution in [0.25, 0.3) is 0 Å². The number of carbonyl (C=O) groups excluding carboxylic acids is 1. The minimum atomic E-state index is -0.686. The van der Waals surface area contributed by atoms with Crippen molar-refractivity contribution in [1.29, 1.82) is 0 Å². The number of hydrogen-bond donors (Lipinski definition) is 1. The molecule has 0 saturated heterocycles. The highest BCUT2D eigenvalue weighted by molar-refractivity contribution is 7.10. The summed E-state index contributed by atoms with van der Waals surface area (Å²) in [5, 5.41) is 19.5. The third-order valence-electron chi connectivity index (χ3n) is 3.17. The second kappa shape index (κ2) is 6.44. The summed E-state index contributed by atoms with van der Waals surface area (Å²) in [6.45, 7) is 0.287. The van der Waals surface area contributed by atoms with Crippen LogP contribution in [0.1, 0.15) is 21.5 Å². The van der Waals surface area contributed by atoms with Crippen molar-refractivity contribution in [2.75, 3.05) is 6.54 Å². The van der Waals surface area contributed by atoms with E-state index in [1.54, 1.807) is 28.3 Å². The predicted molar refractivity (Wildman–Crippen MR) is 82.4 cm³/mol. The molecule has 0 aliphatic rings. The van der Waals surface area contributed by atoms with Crippen LogP contribution in [0, 0.1) is 10.1 Å². The molecule has 1 unspecified atom stereocenters. The SMILES string of the molecule is O=C(NCC(c1cccs1)n1cccn1)c1ccc([N+](=O)[O-])o1. The first-order valence-electron chi connectivity index (χ1n) is 6.70. The van der Waals surface area contributed by atoms with Crippen molar-refractivity contribution in [2.45, 2.75) is 6.04 Å². The molecule has 9 heteroatoms. The second-order valence-corrected chi connectivity index (χ2v) is 5.60. The zero-order valence-electron chi connectivity index (χ0n) is 11.8. The summed E-state index contributed by atoms with van der Waals surface area (Å²) in [5.74, 6) is -1.06. The second-order valence-electron chi connectivity index (χ2n) is 4.62. The number of nitro groups is 1. The number of nitrogens with one attached hydrogen (secondary N) is 1. The van der Waals surface area contributed by atoms with Crippen LogP contribution in [0.5, 0.6) is 0 Å². The Kier molecular flexibility index (Phi) is 4.20. The summed E-state index contributed by atoms with van der Waals surface area (Å²) in [5.41, 5.74) is 0. The lowest BCUT2D eigenvalue weighted by Crippen LogP contribution is -2.31. The van der Waals surface area contributed by atoms with Crippen LogP contribution in [0.15, 0.2) is 52.5 Å². The number of amides is 1. The Labute approximate surface area is 134 Å². The molecule has 23 heavy (non-hydrogen) atoms. The van der Waals surface area contributed by atoms with Crippen LogP contribution in [0.3, 0.4) is 0 Å². The molecule has 0 radical (unpaired) electrons. The van der Waals surface area contributed by atoms with Gasteiger partial charge >= 0.3 is 5.88 Å². The van der Waals surface area contributed by atoms with Crippen molar-refractivity contribution in [3.8, 4) is 0 Å². The molecule has 0 aliphatic heterocycles. The van der Waals surface area contributed by atoms with Gasteiger partial charge in [-0.15, -0.1) is 11.3 Å². The third kappa shape index (κ3) is 3.29. The van der Waals surface area contributed by atoms with E-state index in [1.807, 2.05) is 23.7 Å². The third-order valence-corrected chi connectivity index (χ3v) is 4.14. The maximum atomic E-state index is 12.1. The van der Waals surface area contributed by atoms with E-state index in [4.69, 9.17) is 4.42 Å². The fourth-order valence-electron chi connectivity index (χ4n) is 2.09. The molecule has 3 aromatic rings. The summed E-state index contributed by atoms with van der Waals surface area (Å²) in [4.78, 5) is 23.0. The lowest BCUT2D eigenvalue weighted by molar-refractivity contribution is -0.402. The van der Waals surface area contributed by atoms with Crippen LogP contribution in [-0.4, -0.2) is 27.2 Å². The molecule has 1 amide bonds. The van der Waals surface area contributed by atoms with Gasteiger partial charge in [0.2, 0.25) is 0 Å². The van der Waals surface area contributed by atoms with E-state index in [0.717, 1.165) is 10.9 Å². The first-order valence-corrected chi connectivity index (χ1v) is 7.58. The number of aromatic nitrogens is 2. The Bertz CT molecular complexity index is 760. The van der Waals surface area contributed by atoms with Gasteiger partial charge in [0.05, 0.1) is 6.07 Å². The van der Waals surface area contributed by atoms with E-state index < -0.39 is 16.7 Å². The monoisotopic (exact) mass is 332 g/mol. The van der Waals surface area contributed by atoms with Gasteiger partial charge < -0.3 is 9.73 Å². The Hall–Kier alpha value is -2.94. The molecule has 1 atom stereocenters. The Balaban J connectivity index is 1.71. The summed E-state index contributed by atoms with van der Waals surface area (Å²) < 4.78 is 6.64. The summed E-state index contributed by atoms with van der Waals surface area (Å²) >= 11 is 1.56. The van der Waals surface area contributed by atoms with Crippen molar-refractivity contribution < 1.29 is 14.1 Å². The molecule has 1 N–H and O–H groups in total. The molecular weight excluding hydrogens is 320 g/mol. The molecule has 0 aliphatic carbocycles. The van der Waals surface area contributed by atoms with Gasteiger partial charge in [-0.25, -0.2) is 0 Å². The number of carbonyl (C=O) groups is 1. The fraction of sp³-hybridized carbons (Fsp3) is 0.143. The van der Waals surface area contributed by atoms with Crippen LogP contribution in [0.4, 0.5) is 5.88 Å². The maximum Gasteiger partial charge on any atom is 0.433 e. The van der Waals surface area contributed by atoms with Gasteiger partial charge in [-0.2, -0.15) is 5.10 Å². The van der Waals surface area contributed by atoms with E-state index in [0.29, 0.717) is 0 Å². The number of nitrogens with zero attached hydrogens (tertiary/aromatic N) is 3. The van der Waals surface area contributed by atoms with Gasteiger partial charge in [-0.3, -0.25) is 19.6 Å². The zero-order valence-corrected chi connectivity index (χ0v) is 12.6. The minimum Gasteiger partial charge on any atom is -0.395 e. The molecule has 0 spiro atoms. The lowest BCUT2D eigenvalue weighted by Gasteiger charge is -2.16. The molecule has 3 rings (SSSR count). The Morgan fingerprint density at radius 3 is 2.91 bits per heavy atom. The normalized spacial score (nSPS) is 12.0. The first-order chi connectivity index (χ1) is 11.1. The van der Waals surface area contributed by atoms with Crippen LogP contribution in [0.2, 0.25) is 0 Å². The van der Waals surface area contributed by atoms with E-state index in [2.05, 4.69) is 10.4 Å². The maximum absolute atomic E-state index is 12.1. The largest absolute Gasteiger partial charge is 0.433 e. The van der Waals surface area contributed by atoms with Gasteiger partial charge in [0.1, 0.15) is 11.0 Å². The van der Waals surface area contributed by atoms with Crippen molar-refractivity contribution >= 4 is 23.1 Å². The van der Waals surface area contributed by atoms with Crippen molar-refractivity contribution in [1.82, 2.24) is 15.1 Å². The average molecular weight is 332 g/mol. The van der Waals surface area contributed by atoms with Gasteiger partial charge in [-0.1, -0.05) is 6.07 Å². The fourth-order valence-corrected chi connectivity index (χ4v) is 2.91. The summed E-state index contributed by atoms with van der Waals surface area (Å²) in [6, 6.07) is 7.97. The van der Waals surface area contributed by atoms with Crippen molar-refractivity contribution in [3.63, 3.8) is 0 Å². The topological polar surface area (TPSA) is 103 Å². The molecule has 0 aromatic carbocycles.